The first kappa shape index (κ1) is 9.91. The van der Waals surface area contributed by atoms with Crippen molar-refractivity contribution in [3.63, 3.8) is 0 Å². The molecular formula is C9H8N2O3. The number of rotatable bonds is 4. The van der Waals surface area contributed by atoms with E-state index in [1.807, 2.05) is 0 Å². The highest BCUT2D eigenvalue weighted by Crippen LogP contribution is 2.01. The van der Waals surface area contributed by atoms with E-state index in [2.05, 4.69) is 10.5 Å². The van der Waals surface area contributed by atoms with E-state index in [9.17, 15) is 9.59 Å². The van der Waals surface area contributed by atoms with Crippen LogP contribution in [0.1, 0.15) is 15.9 Å². The average Bonchev–Trinajstić information content (AvgIpc) is 2.19. The summed E-state index contributed by atoms with van der Waals surface area (Å²) in [6.07, 6.45) is 1.86. The van der Waals surface area contributed by atoms with Gasteiger partial charge in [-0.2, -0.15) is 5.10 Å². The molecule has 2 N–H and O–H groups in total. The Kier molecular flexibility index (Phi) is 3.37. The Morgan fingerprint density at radius 2 is 2.00 bits per heavy atom. The Balaban J connectivity index is 2.73. The summed E-state index contributed by atoms with van der Waals surface area (Å²) in [6, 6.07) is 6.12. The molecule has 5 heteroatoms. The predicted molar refractivity (Wildman–Crippen MR) is 50.2 cm³/mol. The smallest absolute Gasteiger partial charge is 0.335 e. The normalized spacial score (nSPS) is 10.0. The zero-order chi connectivity index (χ0) is 10.4. The van der Waals surface area contributed by atoms with Gasteiger partial charge >= 0.3 is 5.97 Å². The molecule has 0 heterocycles. The molecule has 0 saturated heterocycles. The molecule has 0 aliphatic carbocycles. The molecule has 0 bridgehead atoms. The fourth-order valence-electron chi connectivity index (χ4n) is 0.854. The van der Waals surface area contributed by atoms with Crippen LogP contribution in [0.5, 0.6) is 0 Å². The third-order valence-corrected chi connectivity index (χ3v) is 1.50. The number of hydrogen-bond acceptors (Lipinski definition) is 3. The SMILES string of the molecule is O=CN/N=C/c1ccc(C(=O)O)cc1. The Bertz CT molecular complexity index is 357. The number of aromatic carboxylic acids is 1. The number of hydrazone groups is 1. The number of hydrogen-bond donors (Lipinski definition) is 2. The summed E-state index contributed by atoms with van der Waals surface area (Å²) < 4.78 is 0. The lowest BCUT2D eigenvalue weighted by Crippen LogP contribution is -2.01. The zero-order valence-corrected chi connectivity index (χ0v) is 7.18. The van der Waals surface area contributed by atoms with Crippen LogP contribution in [0.3, 0.4) is 0 Å². The van der Waals surface area contributed by atoms with Crippen LogP contribution in [-0.2, 0) is 4.79 Å². The van der Waals surface area contributed by atoms with Crippen LogP contribution in [0.25, 0.3) is 0 Å². The van der Waals surface area contributed by atoms with Gasteiger partial charge in [-0.25, -0.2) is 10.2 Å². The number of nitrogens with zero attached hydrogens (tertiary/aromatic N) is 1. The standard InChI is InChI=1S/C9H8N2O3/c12-6-11-10-5-7-1-3-8(4-2-7)9(13)14/h1-6H,(H,11,12)(H,13,14)/b10-5+. The molecule has 5 nitrogen and oxygen atoms in total. The summed E-state index contributed by atoms with van der Waals surface area (Å²) >= 11 is 0. The largest absolute Gasteiger partial charge is 0.478 e. The summed E-state index contributed by atoms with van der Waals surface area (Å²) in [5, 5.41) is 12.1. The summed E-state index contributed by atoms with van der Waals surface area (Å²) in [6.45, 7) is 0. The zero-order valence-electron chi connectivity index (χ0n) is 7.18. The van der Waals surface area contributed by atoms with E-state index in [1.54, 1.807) is 12.1 Å². The summed E-state index contributed by atoms with van der Waals surface area (Å²) in [7, 11) is 0. The van der Waals surface area contributed by atoms with E-state index < -0.39 is 5.97 Å². The Labute approximate surface area is 80.1 Å². The first-order valence-electron chi connectivity index (χ1n) is 3.79. The molecule has 0 unspecified atom stereocenters. The van der Waals surface area contributed by atoms with E-state index in [-0.39, 0.29) is 5.56 Å². The lowest BCUT2D eigenvalue weighted by atomic mass is 10.1. The fraction of sp³-hybridized carbons (Fsp3) is 0. The van der Waals surface area contributed by atoms with Crippen molar-refractivity contribution in [1.29, 1.82) is 0 Å². The topological polar surface area (TPSA) is 78.8 Å². The third-order valence-electron chi connectivity index (χ3n) is 1.50. The molecule has 72 valence electrons. The van der Waals surface area contributed by atoms with Crippen LogP contribution in [0.2, 0.25) is 0 Å². The Morgan fingerprint density at radius 1 is 1.36 bits per heavy atom. The molecule has 0 fully saturated rings. The van der Waals surface area contributed by atoms with Crippen molar-refractivity contribution < 1.29 is 14.7 Å². The average molecular weight is 192 g/mol. The van der Waals surface area contributed by atoms with E-state index in [0.29, 0.717) is 12.0 Å². The summed E-state index contributed by atoms with van der Waals surface area (Å²) in [5.74, 6) is -0.973. The second kappa shape index (κ2) is 4.76. The molecule has 0 saturated carbocycles. The van der Waals surface area contributed by atoms with Crippen molar-refractivity contribution in [3.05, 3.63) is 35.4 Å². The van der Waals surface area contributed by atoms with Gasteiger partial charge in [0.25, 0.3) is 0 Å². The van der Waals surface area contributed by atoms with Gasteiger partial charge in [0.05, 0.1) is 11.8 Å². The van der Waals surface area contributed by atoms with Crippen LogP contribution >= 0.6 is 0 Å². The maximum Gasteiger partial charge on any atom is 0.335 e. The fourth-order valence-corrected chi connectivity index (χ4v) is 0.854. The van der Waals surface area contributed by atoms with Crippen LogP contribution < -0.4 is 5.43 Å². The van der Waals surface area contributed by atoms with Gasteiger partial charge in [-0.05, 0) is 17.7 Å². The molecule has 1 amide bonds. The predicted octanol–water partition coefficient (Wildman–Crippen LogP) is 0.465. The van der Waals surface area contributed by atoms with Crippen molar-refractivity contribution in [2.24, 2.45) is 5.10 Å². The number of carboxylic acid groups (broad SMARTS) is 1. The summed E-state index contributed by atoms with van der Waals surface area (Å²) in [4.78, 5) is 20.3. The number of carboxylic acids is 1. The van der Waals surface area contributed by atoms with Crippen LogP contribution in [-0.4, -0.2) is 23.7 Å². The summed E-state index contributed by atoms with van der Waals surface area (Å²) in [5.41, 5.74) is 3.03. The van der Waals surface area contributed by atoms with Crippen molar-refractivity contribution in [1.82, 2.24) is 5.43 Å². The van der Waals surface area contributed by atoms with E-state index in [0.717, 1.165) is 0 Å². The second-order valence-electron chi connectivity index (χ2n) is 2.43. The first-order chi connectivity index (χ1) is 6.74. The van der Waals surface area contributed by atoms with Gasteiger partial charge in [-0.1, -0.05) is 12.1 Å². The molecule has 1 aromatic rings. The number of nitrogens with one attached hydrogen (secondary N) is 1. The van der Waals surface area contributed by atoms with Gasteiger partial charge in [0, 0.05) is 0 Å². The highest BCUT2D eigenvalue weighted by molar-refractivity contribution is 5.89. The first-order valence-corrected chi connectivity index (χ1v) is 3.79. The van der Waals surface area contributed by atoms with Gasteiger partial charge in [0.2, 0.25) is 6.41 Å². The highest BCUT2D eigenvalue weighted by atomic mass is 16.4. The highest BCUT2D eigenvalue weighted by Gasteiger charge is 1.99. The van der Waals surface area contributed by atoms with E-state index in [4.69, 9.17) is 5.11 Å². The minimum absolute atomic E-state index is 0.213. The second-order valence-corrected chi connectivity index (χ2v) is 2.43. The molecule has 14 heavy (non-hydrogen) atoms. The van der Waals surface area contributed by atoms with Gasteiger partial charge in [-0.15, -0.1) is 0 Å². The third kappa shape index (κ3) is 2.71. The van der Waals surface area contributed by atoms with Gasteiger partial charge in [0.1, 0.15) is 0 Å². The molecule has 1 aromatic carbocycles. The minimum Gasteiger partial charge on any atom is -0.478 e. The lowest BCUT2D eigenvalue weighted by Gasteiger charge is -1.94. The molecule has 0 aromatic heterocycles. The van der Waals surface area contributed by atoms with Crippen LogP contribution in [0.4, 0.5) is 0 Å². The number of carbonyl (C=O) groups is 2. The van der Waals surface area contributed by atoms with Crippen molar-refractivity contribution >= 4 is 18.6 Å². The molecule has 0 aliphatic heterocycles. The van der Waals surface area contributed by atoms with Crippen molar-refractivity contribution in [3.8, 4) is 0 Å². The number of amides is 1. The molecule has 0 spiro atoms. The number of benzene rings is 1. The van der Waals surface area contributed by atoms with Gasteiger partial charge < -0.3 is 5.11 Å². The quantitative estimate of drug-likeness (QED) is 0.413. The number of carbonyl (C=O) groups excluding carboxylic acids is 1. The minimum atomic E-state index is -0.973. The Hall–Kier alpha value is -2.17. The molecule has 0 aliphatic rings. The monoisotopic (exact) mass is 192 g/mol. The Morgan fingerprint density at radius 3 is 2.50 bits per heavy atom. The lowest BCUT2D eigenvalue weighted by molar-refractivity contribution is -0.109. The van der Waals surface area contributed by atoms with E-state index in [1.165, 1.54) is 18.3 Å². The molecule has 1 rings (SSSR count). The van der Waals surface area contributed by atoms with Crippen molar-refractivity contribution in [2.45, 2.75) is 0 Å². The van der Waals surface area contributed by atoms with Crippen molar-refractivity contribution in [2.75, 3.05) is 0 Å². The van der Waals surface area contributed by atoms with Gasteiger partial charge in [0.15, 0.2) is 0 Å². The maximum absolute atomic E-state index is 10.5. The maximum atomic E-state index is 10.5. The molecule has 0 atom stereocenters. The van der Waals surface area contributed by atoms with Gasteiger partial charge in [-0.3, -0.25) is 4.79 Å². The molecule has 0 radical (unpaired) electrons. The van der Waals surface area contributed by atoms with Crippen LogP contribution in [0, 0.1) is 0 Å². The molecular weight excluding hydrogens is 184 g/mol. The van der Waals surface area contributed by atoms with Crippen LogP contribution in [0.15, 0.2) is 29.4 Å². The van der Waals surface area contributed by atoms with E-state index >= 15 is 0 Å².